The standard InChI is InChI=1S/C25H18Cl2FIN2O4/c1-34-22-11-15(9-20(29)23(22)35-13-14-6-7-17(26)18(27)8-14)10-21-24(32)31(25(33)30-21)12-16-4-2-3-5-19(16)28/h2-11H,12-13H2,1H3,(H,30,33)/b21-10+. The van der Waals surface area contributed by atoms with Gasteiger partial charge in [-0.25, -0.2) is 9.18 Å². The van der Waals surface area contributed by atoms with Crippen LogP contribution in [0.2, 0.25) is 10.0 Å². The number of imide groups is 1. The predicted octanol–water partition coefficient (Wildman–Crippen LogP) is 6.42. The minimum Gasteiger partial charge on any atom is -0.493 e. The van der Waals surface area contributed by atoms with E-state index in [1.165, 1.54) is 25.3 Å². The molecule has 3 amide bonds. The number of hydrogen-bond acceptors (Lipinski definition) is 4. The quantitative estimate of drug-likeness (QED) is 0.187. The first-order chi connectivity index (χ1) is 16.8. The Labute approximate surface area is 224 Å². The molecule has 0 unspecified atom stereocenters. The molecule has 0 spiro atoms. The molecule has 0 aromatic heterocycles. The van der Waals surface area contributed by atoms with E-state index in [1.54, 1.807) is 36.4 Å². The van der Waals surface area contributed by atoms with Crippen molar-refractivity contribution in [3.63, 3.8) is 0 Å². The van der Waals surface area contributed by atoms with Crippen LogP contribution in [-0.4, -0.2) is 23.9 Å². The summed E-state index contributed by atoms with van der Waals surface area (Å²) in [6.07, 6.45) is 1.54. The number of amides is 3. The summed E-state index contributed by atoms with van der Waals surface area (Å²) in [6.45, 7) is 0.0697. The van der Waals surface area contributed by atoms with Gasteiger partial charge < -0.3 is 14.8 Å². The summed E-state index contributed by atoms with van der Waals surface area (Å²) < 4.78 is 26.2. The number of carbonyl (C=O) groups excluding carboxylic acids is 2. The average molecular weight is 627 g/mol. The highest BCUT2D eigenvalue weighted by Gasteiger charge is 2.34. The second-order valence-electron chi connectivity index (χ2n) is 7.54. The zero-order valence-electron chi connectivity index (χ0n) is 18.3. The van der Waals surface area contributed by atoms with E-state index in [-0.39, 0.29) is 24.4 Å². The van der Waals surface area contributed by atoms with Gasteiger partial charge in [-0.05, 0) is 70.1 Å². The number of benzene rings is 3. The summed E-state index contributed by atoms with van der Waals surface area (Å²) in [5.74, 6) is -0.0680. The second kappa shape index (κ2) is 10.8. The van der Waals surface area contributed by atoms with Crippen LogP contribution in [0, 0.1) is 9.39 Å². The second-order valence-corrected chi connectivity index (χ2v) is 9.52. The molecule has 6 nitrogen and oxygen atoms in total. The molecule has 0 bridgehead atoms. The first kappa shape index (κ1) is 25.3. The summed E-state index contributed by atoms with van der Waals surface area (Å²) in [7, 11) is 1.51. The van der Waals surface area contributed by atoms with Crippen molar-refractivity contribution < 1.29 is 23.5 Å². The van der Waals surface area contributed by atoms with Crippen LogP contribution in [0.3, 0.4) is 0 Å². The molecule has 0 saturated carbocycles. The Bertz CT molecular complexity index is 1350. The lowest BCUT2D eigenvalue weighted by molar-refractivity contribution is -0.123. The van der Waals surface area contributed by atoms with E-state index >= 15 is 0 Å². The van der Waals surface area contributed by atoms with Crippen LogP contribution in [0.25, 0.3) is 6.08 Å². The number of halogens is 4. The monoisotopic (exact) mass is 626 g/mol. The maximum atomic E-state index is 14.0. The van der Waals surface area contributed by atoms with E-state index in [9.17, 15) is 14.0 Å². The van der Waals surface area contributed by atoms with Crippen molar-refractivity contribution in [1.29, 1.82) is 0 Å². The number of urea groups is 1. The van der Waals surface area contributed by atoms with E-state index in [0.29, 0.717) is 27.1 Å². The Morgan fingerprint density at radius 3 is 2.57 bits per heavy atom. The summed E-state index contributed by atoms with van der Waals surface area (Å²) in [5, 5.41) is 3.44. The van der Waals surface area contributed by atoms with Crippen LogP contribution in [0.5, 0.6) is 11.5 Å². The summed E-state index contributed by atoms with van der Waals surface area (Å²) in [6, 6.07) is 14.1. The number of ether oxygens (including phenoxy) is 2. The fraction of sp³-hybridized carbons (Fsp3) is 0.120. The third kappa shape index (κ3) is 5.71. The number of carbonyl (C=O) groups is 2. The minimum atomic E-state index is -0.618. The molecule has 1 heterocycles. The maximum Gasteiger partial charge on any atom is 0.329 e. The molecule has 1 saturated heterocycles. The maximum absolute atomic E-state index is 14.0. The Morgan fingerprint density at radius 1 is 1.09 bits per heavy atom. The zero-order valence-corrected chi connectivity index (χ0v) is 21.9. The zero-order chi connectivity index (χ0) is 25.1. The van der Waals surface area contributed by atoms with Gasteiger partial charge in [0, 0.05) is 5.56 Å². The largest absolute Gasteiger partial charge is 0.493 e. The van der Waals surface area contributed by atoms with Gasteiger partial charge in [0.25, 0.3) is 5.91 Å². The first-order valence-electron chi connectivity index (χ1n) is 10.3. The topological polar surface area (TPSA) is 67.9 Å². The summed E-state index contributed by atoms with van der Waals surface area (Å²) >= 11 is 14.1. The molecule has 0 atom stereocenters. The molecule has 1 aliphatic heterocycles. The Balaban J connectivity index is 1.54. The average Bonchev–Trinajstić information content (AvgIpc) is 3.08. The molecule has 0 aliphatic carbocycles. The Morgan fingerprint density at radius 2 is 1.86 bits per heavy atom. The van der Waals surface area contributed by atoms with Gasteiger partial charge in [0.05, 0.1) is 27.3 Å². The molecule has 10 heteroatoms. The number of hydrogen-bond donors (Lipinski definition) is 1. The normalized spacial score (nSPS) is 14.4. The molecule has 3 aromatic carbocycles. The van der Waals surface area contributed by atoms with Gasteiger partial charge in [-0.3, -0.25) is 9.69 Å². The van der Waals surface area contributed by atoms with E-state index in [4.69, 9.17) is 32.7 Å². The molecule has 0 radical (unpaired) electrons. The van der Waals surface area contributed by atoms with E-state index in [1.807, 2.05) is 6.07 Å². The van der Waals surface area contributed by atoms with Gasteiger partial charge in [-0.15, -0.1) is 0 Å². The van der Waals surface area contributed by atoms with Crippen LogP contribution >= 0.6 is 45.8 Å². The highest BCUT2D eigenvalue weighted by Crippen LogP contribution is 2.36. The molecule has 4 rings (SSSR count). The molecule has 1 fully saturated rings. The first-order valence-corrected chi connectivity index (χ1v) is 12.1. The lowest BCUT2D eigenvalue weighted by Gasteiger charge is -2.14. The van der Waals surface area contributed by atoms with Crippen molar-refractivity contribution in [3.8, 4) is 11.5 Å². The molecule has 35 heavy (non-hydrogen) atoms. The van der Waals surface area contributed by atoms with Crippen molar-refractivity contribution in [2.45, 2.75) is 13.2 Å². The highest BCUT2D eigenvalue weighted by molar-refractivity contribution is 14.1. The van der Waals surface area contributed by atoms with Crippen molar-refractivity contribution in [3.05, 3.63) is 96.4 Å². The lowest BCUT2D eigenvalue weighted by Crippen LogP contribution is -2.30. The smallest absolute Gasteiger partial charge is 0.329 e. The van der Waals surface area contributed by atoms with Gasteiger partial charge in [-0.1, -0.05) is 47.5 Å². The molecular formula is C25H18Cl2FIN2O4. The van der Waals surface area contributed by atoms with E-state index < -0.39 is 17.8 Å². The molecule has 1 N–H and O–H groups in total. The van der Waals surface area contributed by atoms with Crippen molar-refractivity contribution in [2.75, 3.05) is 7.11 Å². The Kier molecular flexibility index (Phi) is 7.83. The van der Waals surface area contributed by atoms with Crippen molar-refractivity contribution in [2.24, 2.45) is 0 Å². The number of methoxy groups -OCH3 is 1. The Hall–Kier alpha value is -2.82. The van der Waals surface area contributed by atoms with Gasteiger partial charge >= 0.3 is 6.03 Å². The third-order valence-corrected chi connectivity index (χ3v) is 6.72. The predicted molar refractivity (Wildman–Crippen MR) is 140 cm³/mol. The lowest BCUT2D eigenvalue weighted by atomic mass is 10.1. The minimum absolute atomic E-state index is 0.0775. The van der Waals surface area contributed by atoms with Crippen molar-refractivity contribution in [1.82, 2.24) is 10.2 Å². The van der Waals surface area contributed by atoms with Crippen LogP contribution in [0.15, 0.2) is 60.3 Å². The van der Waals surface area contributed by atoms with Gasteiger partial charge in [0.1, 0.15) is 18.1 Å². The van der Waals surface area contributed by atoms with E-state index in [2.05, 4.69) is 27.9 Å². The van der Waals surface area contributed by atoms with E-state index in [0.717, 1.165) is 14.0 Å². The van der Waals surface area contributed by atoms with Crippen LogP contribution < -0.4 is 14.8 Å². The van der Waals surface area contributed by atoms with Gasteiger partial charge in [0.2, 0.25) is 0 Å². The summed E-state index contributed by atoms with van der Waals surface area (Å²) in [4.78, 5) is 26.2. The van der Waals surface area contributed by atoms with Crippen LogP contribution in [-0.2, 0) is 17.9 Å². The van der Waals surface area contributed by atoms with Gasteiger partial charge in [0.15, 0.2) is 11.5 Å². The summed E-state index contributed by atoms with van der Waals surface area (Å²) in [5.41, 5.74) is 1.77. The fourth-order valence-electron chi connectivity index (χ4n) is 3.43. The number of nitrogens with one attached hydrogen (secondary N) is 1. The third-order valence-electron chi connectivity index (χ3n) is 5.18. The SMILES string of the molecule is COc1cc(/C=C2/NC(=O)N(Cc3ccccc3F)C2=O)cc(I)c1OCc1ccc(Cl)c(Cl)c1. The fourth-order valence-corrected chi connectivity index (χ4v) is 4.53. The highest BCUT2D eigenvalue weighted by atomic mass is 127. The molecular weight excluding hydrogens is 609 g/mol. The molecule has 3 aromatic rings. The van der Waals surface area contributed by atoms with Crippen LogP contribution in [0.4, 0.5) is 9.18 Å². The molecule has 180 valence electrons. The van der Waals surface area contributed by atoms with Gasteiger partial charge in [-0.2, -0.15) is 0 Å². The molecule has 1 aliphatic rings. The van der Waals surface area contributed by atoms with Crippen molar-refractivity contribution >= 4 is 63.8 Å². The van der Waals surface area contributed by atoms with Crippen LogP contribution in [0.1, 0.15) is 16.7 Å². The number of rotatable bonds is 7. The number of nitrogens with zero attached hydrogens (tertiary/aromatic N) is 1.